The van der Waals surface area contributed by atoms with E-state index < -0.39 is 5.97 Å². The van der Waals surface area contributed by atoms with E-state index in [4.69, 9.17) is 5.11 Å². The molecule has 0 aromatic heterocycles. The molecule has 0 radical (unpaired) electrons. The minimum atomic E-state index is -0.880. The van der Waals surface area contributed by atoms with Crippen molar-refractivity contribution in [1.82, 2.24) is 5.32 Å². The van der Waals surface area contributed by atoms with Gasteiger partial charge in [-0.25, -0.2) is 4.79 Å². The molecule has 1 fully saturated rings. The van der Waals surface area contributed by atoms with Gasteiger partial charge >= 0.3 is 12.0 Å². The van der Waals surface area contributed by atoms with Crippen molar-refractivity contribution >= 4 is 17.7 Å². The maximum absolute atomic E-state index is 12.0. The minimum absolute atomic E-state index is 0.0419. The number of hydrogen-bond donors (Lipinski definition) is 3. The van der Waals surface area contributed by atoms with Gasteiger partial charge in [-0.1, -0.05) is 37.8 Å². The molecule has 21 heavy (non-hydrogen) atoms. The number of carboxylic acids is 1. The molecule has 0 aliphatic heterocycles. The summed E-state index contributed by atoms with van der Waals surface area (Å²) >= 11 is 0. The van der Waals surface area contributed by atoms with E-state index in [0.29, 0.717) is 11.3 Å². The molecule has 114 valence electrons. The van der Waals surface area contributed by atoms with Crippen LogP contribution < -0.4 is 10.6 Å². The van der Waals surface area contributed by atoms with Crippen LogP contribution in [0, 0.1) is 0 Å². The molecular weight excluding hydrogens is 268 g/mol. The maximum atomic E-state index is 12.0. The second kappa shape index (κ2) is 7.67. The van der Waals surface area contributed by atoms with Gasteiger partial charge in [0.2, 0.25) is 0 Å². The Kier molecular flexibility index (Phi) is 5.60. The first-order valence-electron chi connectivity index (χ1n) is 7.52. The van der Waals surface area contributed by atoms with E-state index in [1.165, 1.54) is 25.7 Å². The summed E-state index contributed by atoms with van der Waals surface area (Å²) in [5.74, 6) is -0.880. The van der Waals surface area contributed by atoms with Crippen molar-refractivity contribution in [3.05, 3.63) is 29.8 Å². The summed E-state index contributed by atoms with van der Waals surface area (Å²) in [6, 6.07) is 6.98. The molecule has 0 heterocycles. The molecule has 1 aromatic rings. The Hall–Kier alpha value is -2.04. The van der Waals surface area contributed by atoms with Crippen LogP contribution in [0.1, 0.15) is 44.1 Å². The van der Waals surface area contributed by atoms with Crippen LogP contribution in [0.5, 0.6) is 0 Å². The normalized spacial score (nSPS) is 16.0. The van der Waals surface area contributed by atoms with Crippen LogP contribution in [-0.2, 0) is 11.2 Å². The number of rotatable bonds is 4. The number of anilines is 1. The Bertz CT molecular complexity index is 494. The minimum Gasteiger partial charge on any atom is -0.481 e. The molecule has 5 nitrogen and oxygen atoms in total. The number of benzene rings is 1. The first-order valence-corrected chi connectivity index (χ1v) is 7.52. The molecule has 2 amide bonds. The topological polar surface area (TPSA) is 78.4 Å². The molecule has 1 saturated carbocycles. The summed E-state index contributed by atoms with van der Waals surface area (Å²) in [7, 11) is 0. The number of carboxylic acid groups (broad SMARTS) is 1. The molecule has 1 aromatic carbocycles. The monoisotopic (exact) mass is 290 g/mol. The van der Waals surface area contributed by atoms with E-state index in [1.807, 2.05) is 0 Å². The van der Waals surface area contributed by atoms with Crippen molar-refractivity contribution in [3.63, 3.8) is 0 Å². The molecule has 3 N–H and O–H groups in total. The predicted octanol–water partition coefficient (Wildman–Crippen LogP) is 3.16. The fraction of sp³-hybridized carbons (Fsp3) is 0.500. The van der Waals surface area contributed by atoms with Crippen molar-refractivity contribution in [1.29, 1.82) is 0 Å². The van der Waals surface area contributed by atoms with Gasteiger partial charge in [0.1, 0.15) is 0 Å². The molecule has 0 atom stereocenters. The lowest BCUT2D eigenvalue weighted by molar-refractivity contribution is -0.136. The number of carbonyl (C=O) groups is 2. The highest BCUT2D eigenvalue weighted by Crippen LogP contribution is 2.17. The van der Waals surface area contributed by atoms with E-state index in [9.17, 15) is 9.59 Å². The molecular formula is C16H22N2O3. The standard InChI is InChI=1S/C16H22N2O3/c19-15(20)11-12-6-5-9-14(10-12)18-16(21)17-13-7-3-1-2-4-8-13/h5-6,9-10,13H,1-4,7-8,11H2,(H,19,20)(H2,17,18,21). The van der Waals surface area contributed by atoms with Gasteiger partial charge in [-0.05, 0) is 30.5 Å². The largest absolute Gasteiger partial charge is 0.481 e. The van der Waals surface area contributed by atoms with Gasteiger partial charge in [0.05, 0.1) is 6.42 Å². The third-order valence-electron chi connectivity index (χ3n) is 3.73. The Balaban J connectivity index is 1.88. The van der Waals surface area contributed by atoms with Crippen LogP contribution in [0.4, 0.5) is 10.5 Å². The van der Waals surface area contributed by atoms with Crippen LogP contribution in [0.25, 0.3) is 0 Å². The summed E-state index contributed by atoms with van der Waals surface area (Å²) in [4.78, 5) is 22.7. The average Bonchev–Trinajstić information content (AvgIpc) is 2.66. The predicted molar refractivity (Wildman–Crippen MR) is 81.4 cm³/mol. The van der Waals surface area contributed by atoms with Crippen molar-refractivity contribution in [2.45, 2.75) is 51.0 Å². The van der Waals surface area contributed by atoms with Crippen LogP contribution in [0.15, 0.2) is 24.3 Å². The van der Waals surface area contributed by atoms with Gasteiger partial charge in [-0.15, -0.1) is 0 Å². The third-order valence-corrected chi connectivity index (χ3v) is 3.73. The van der Waals surface area contributed by atoms with Gasteiger partial charge in [0, 0.05) is 11.7 Å². The Morgan fingerprint density at radius 2 is 1.86 bits per heavy atom. The van der Waals surface area contributed by atoms with E-state index in [1.54, 1.807) is 24.3 Å². The van der Waals surface area contributed by atoms with Crippen molar-refractivity contribution in [2.24, 2.45) is 0 Å². The Morgan fingerprint density at radius 3 is 2.52 bits per heavy atom. The quantitative estimate of drug-likeness (QED) is 0.745. The van der Waals surface area contributed by atoms with Crippen LogP contribution >= 0.6 is 0 Å². The Labute approximate surface area is 124 Å². The first kappa shape index (κ1) is 15.4. The molecule has 1 aliphatic carbocycles. The maximum Gasteiger partial charge on any atom is 0.319 e. The van der Waals surface area contributed by atoms with Crippen LogP contribution in [0.2, 0.25) is 0 Å². The molecule has 0 saturated heterocycles. The van der Waals surface area contributed by atoms with E-state index in [0.717, 1.165) is 12.8 Å². The summed E-state index contributed by atoms with van der Waals surface area (Å²) in [5, 5.41) is 14.6. The molecule has 0 bridgehead atoms. The third kappa shape index (κ3) is 5.45. The highest BCUT2D eigenvalue weighted by atomic mass is 16.4. The lowest BCUT2D eigenvalue weighted by atomic mass is 10.1. The molecule has 1 aliphatic rings. The molecule has 2 rings (SSSR count). The fourth-order valence-electron chi connectivity index (χ4n) is 2.71. The first-order chi connectivity index (χ1) is 10.1. The van der Waals surface area contributed by atoms with Gasteiger partial charge < -0.3 is 15.7 Å². The second-order valence-corrected chi connectivity index (χ2v) is 5.56. The second-order valence-electron chi connectivity index (χ2n) is 5.56. The highest BCUT2D eigenvalue weighted by Gasteiger charge is 2.14. The number of aliphatic carboxylic acids is 1. The van der Waals surface area contributed by atoms with E-state index in [-0.39, 0.29) is 18.5 Å². The highest BCUT2D eigenvalue weighted by molar-refractivity contribution is 5.89. The van der Waals surface area contributed by atoms with Gasteiger partial charge in [-0.3, -0.25) is 4.79 Å². The number of hydrogen-bond acceptors (Lipinski definition) is 2. The SMILES string of the molecule is O=C(O)Cc1cccc(NC(=O)NC2CCCCCC2)c1. The zero-order valence-electron chi connectivity index (χ0n) is 12.1. The zero-order chi connectivity index (χ0) is 15.1. The lowest BCUT2D eigenvalue weighted by Gasteiger charge is -2.17. The van der Waals surface area contributed by atoms with E-state index in [2.05, 4.69) is 10.6 Å². The van der Waals surface area contributed by atoms with Crippen molar-refractivity contribution in [2.75, 3.05) is 5.32 Å². The van der Waals surface area contributed by atoms with Crippen molar-refractivity contribution in [3.8, 4) is 0 Å². The smallest absolute Gasteiger partial charge is 0.319 e. The average molecular weight is 290 g/mol. The van der Waals surface area contributed by atoms with E-state index >= 15 is 0 Å². The summed E-state index contributed by atoms with van der Waals surface area (Å²) in [5.41, 5.74) is 1.30. The molecule has 5 heteroatoms. The molecule has 0 spiro atoms. The van der Waals surface area contributed by atoms with Gasteiger partial charge in [0.15, 0.2) is 0 Å². The summed E-state index contributed by atoms with van der Waals surface area (Å²) in [6.07, 6.45) is 6.85. The number of amides is 2. The fourth-order valence-corrected chi connectivity index (χ4v) is 2.71. The molecule has 0 unspecified atom stereocenters. The summed E-state index contributed by atoms with van der Waals surface area (Å²) < 4.78 is 0. The Morgan fingerprint density at radius 1 is 1.14 bits per heavy atom. The number of nitrogens with one attached hydrogen (secondary N) is 2. The van der Waals surface area contributed by atoms with Gasteiger partial charge in [-0.2, -0.15) is 0 Å². The van der Waals surface area contributed by atoms with Crippen LogP contribution in [-0.4, -0.2) is 23.1 Å². The van der Waals surface area contributed by atoms with Gasteiger partial charge in [0.25, 0.3) is 0 Å². The van der Waals surface area contributed by atoms with Crippen LogP contribution in [0.3, 0.4) is 0 Å². The van der Waals surface area contributed by atoms with Crippen molar-refractivity contribution < 1.29 is 14.7 Å². The lowest BCUT2D eigenvalue weighted by Crippen LogP contribution is -2.37. The number of carbonyl (C=O) groups excluding carboxylic acids is 1. The number of urea groups is 1. The summed E-state index contributed by atoms with van der Waals surface area (Å²) in [6.45, 7) is 0. The zero-order valence-corrected chi connectivity index (χ0v) is 12.1.